The van der Waals surface area contributed by atoms with Crippen LogP contribution in [0.4, 0.5) is 0 Å². The minimum atomic E-state index is 0.644. The van der Waals surface area contributed by atoms with Crippen molar-refractivity contribution in [1.82, 2.24) is 0 Å². The highest BCUT2D eigenvalue weighted by Gasteiger charge is 1.98. The van der Waals surface area contributed by atoms with Gasteiger partial charge in [0.25, 0.3) is 0 Å². The van der Waals surface area contributed by atoms with E-state index >= 15 is 0 Å². The summed E-state index contributed by atoms with van der Waals surface area (Å²) in [4.78, 5) is 0. The van der Waals surface area contributed by atoms with Gasteiger partial charge in [-0.1, -0.05) is 37.3 Å². The van der Waals surface area contributed by atoms with Gasteiger partial charge in [-0.2, -0.15) is 0 Å². The van der Waals surface area contributed by atoms with E-state index in [4.69, 9.17) is 5.73 Å². The average Bonchev–Trinajstić information content (AvgIpc) is 2.16. The molecule has 1 heteroatoms. The topological polar surface area (TPSA) is 26.0 Å². The Morgan fingerprint density at radius 1 is 1.25 bits per heavy atom. The number of nitrogens with two attached hydrogens (primary N) is 1. The fourth-order valence-electron chi connectivity index (χ4n) is 1.18. The fourth-order valence-corrected chi connectivity index (χ4v) is 1.18. The van der Waals surface area contributed by atoms with Gasteiger partial charge in [-0.05, 0) is 30.9 Å². The van der Waals surface area contributed by atoms with E-state index in [-0.39, 0.29) is 0 Å². The summed E-state index contributed by atoms with van der Waals surface area (Å²) in [6.45, 7) is 3.00. The highest BCUT2D eigenvalue weighted by atomic mass is 14.5. The molecule has 0 unspecified atom stereocenters. The lowest BCUT2D eigenvalue weighted by Crippen LogP contribution is -2.11. The van der Waals surface area contributed by atoms with Crippen LogP contribution in [0.2, 0.25) is 0 Å². The van der Waals surface area contributed by atoms with Crippen molar-refractivity contribution in [1.29, 1.82) is 0 Å². The summed E-state index contributed by atoms with van der Waals surface area (Å²) in [5.74, 6) is 0.644. The molecule has 2 N–H and O–H groups in total. The Kier molecular flexibility index (Phi) is 3.81. The molecule has 1 nitrogen and oxygen atoms in total. The van der Waals surface area contributed by atoms with Gasteiger partial charge in [0.15, 0.2) is 0 Å². The normalized spacial score (nSPS) is 12.8. The van der Waals surface area contributed by atoms with Crippen molar-refractivity contribution >= 4 is 0 Å². The van der Waals surface area contributed by atoms with Crippen molar-refractivity contribution in [3.63, 3.8) is 0 Å². The molecule has 1 aromatic rings. The van der Waals surface area contributed by atoms with Crippen LogP contribution in [0.15, 0.2) is 30.3 Å². The van der Waals surface area contributed by atoms with Crippen molar-refractivity contribution in [2.24, 2.45) is 11.7 Å². The van der Waals surface area contributed by atoms with Crippen LogP contribution in [0.1, 0.15) is 18.9 Å². The summed E-state index contributed by atoms with van der Waals surface area (Å²) < 4.78 is 0. The van der Waals surface area contributed by atoms with E-state index in [0.29, 0.717) is 5.92 Å². The standard InChI is InChI=1S/C11H17N/c1-10(9-12)7-8-11-5-3-2-4-6-11/h2-6,10H,7-9,12H2,1H3/t10-/m1/s1. The SMILES string of the molecule is C[C@@H](CN)CCc1ccccc1. The second-order valence-corrected chi connectivity index (χ2v) is 3.37. The molecule has 12 heavy (non-hydrogen) atoms. The van der Waals surface area contributed by atoms with Gasteiger partial charge < -0.3 is 5.73 Å². The summed E-state index contributed by atoms with van der Waals surface area (Å²) in [6, 6.07) is 10.6. The maximum absolute atomic E-state index is 5.54. The zero-order valence-corrected chi connectivity index (χ0v) is 7.66. The van der Waals surface area contributed by atoms with Gasteiger partial charge in [-0.25, -0.2) is 0 Å². The van der Waals surface area contributed by atoms with Crippen LogP contribution < -0.4 is 5.73 Å². The number of hydrogen-bond acceptors (Lipinski definition) is 1. The third-order valence-electron chi connectivity index (χ3n) is 2.17. The van der Waals surface area contributed by atoms with Crippen LogP contribution in [-0.4, -0.2) is 6.54 Å². The lowest BCUT2D eigenvalue weighted by Gasteiger charge is -2.07. The molecular formula is C11H17N. The first-order chi connectivity index (χ1) is 5.83. The van der Waals surface area contributed by atoms with Gasteiger partial charge in [0.2, 0.25) is 0 Å². The molecule has 0 saturated carbocycles. The average molecular weight is 163 g/mol. The lowest BCUT2D eigenvalue weighted by atomic mass is 10.0. The predicted molar refractivity (Wildman–Crippen MR) is 53.0 cm³/mol. The first kappa shape index (κ1) is 9.27. The summed E-state index contributed by atoms with van der Waals surface area (Å²) in [6.07, 6.45) is 2.35. The van der Waals surface area contributed by atoms with Crippen LogP contribution in [0.25, 0.3) is 0 Å². The second kappa shape index (κ2) is 4.94. The van der Waals surface area contributed by atoms with E-state index in [1.807, 2.05) is 0 Å². The van der Waals surface area contributed by atoms with Crippen LogP contribution in [0, 0.1) is 5.92 Å². The van der Waals surface area contributed by atoms with Crippen LogP contribution in [0.3, 0.4) is 0 Å². The number of benzene rings is 1. The zero-order valence-electron chi connectivity index (χ0n) is 7.66. The summed E-state index contributed by atoms with van der Waals surface area (Å²) in [5, 5.41) is 0. The second-order valence-electron chi connectivity index (χ2n) is 3.37. The minimum Gasteiger partial charge on any atom is -0.330 e. The number of rotatable bonds is 4. The maximum atomic E-state index is 5.54. The number of aryl methyl sites for hydroxylation is 1. The van der Waals surface area contributed by atoms with Gasteiger partial charge in [0.1, 0.15) is 0 Å². The molecule has 1 rings (SSSR count). The molecule has 1 atom stereocenters. The van der Waals surface area contributed by atoms with Gasteiger partial charge in [-0.3, -0.25) is 0 Å². The Bertz CT molecular complexity index is 206. The Morgan fingerprint density at radius 2 is 1.92 bits per heavy atom. The van der Waals surface area contributed by atoms with E-state index in [1.165, 1.54) is 12.0 Å². The molecule has 0 aliphatic heterocycles. The number of hydrogen-bond donors (Lipinski definition) is 1. The van der Waals surface area contributed by atoms with Crippen LogP contribution in [0.5, 0.6) is 0 Å². The first-order valence-corrected chi connectivity index (χ1v) is 4.57. The molecule has 66 valence electrons. The highest BCUT2D eigenvalue weighted by molar-refractivity contribution is 5.14. The van der Waals surface area contributed by atoms with Gasteiger partial charge in [-0.15, -0.1) is 0 Å². The van der Waals surface area contributed by atoms with E-state index in [1.54, 1.807) is 0 Å². The fraction of sp³-hybridized carbons (Fsp3) is 0.455. The maximum Gasteiger partial charge on any atom is -0.00514 e. The van der Waals surface area contributed by atoms with Gasteiger partial charge in [0, 0.05) is 0 Å². The van der Waals surface area contributed by atoms with E-state index in [0.717, 1.165) is 13.0 Å². The van der Waals surface area contributed by atoms with E-state index in [2.05, 4.69) is 37.3 Å². The Hall–Kier alpha value is -0.820. The molecule has 0 aliphatic rings. The molecule has 0 amide bonds. The van der Waals surface area contributed by atoms with Crippen molar-refractivity contribution in [2.75, 3.05) is 6.54 Å². The molecule has 0 fully saturated rings. The molecule has 0 aliphatic carbocycles. The lowest BCUT2D eigenvalue weighted by molar-refractivity contribution is 0.544. The summed E-state index contributed by atoms with van der Waals surface area (Å²) >= 11 is 0. The van der Waals surface area contributed by atoms with Crippen LogP contribution >= 0.6 is 0 Å². The smallest absolute Gasteiger partial charge is 0.00514 e. The van der Waals surface area contributed by atoms with Crippen molar-refractivity contribution < 1.29 is 0 Å². The molecule has 1 aromatic carbocycles. The third-order valence-corrected chi connectivity index (χ3v) is 2.17. The Morgan fingerprint density at radius 3 is 2.50 bits per heavy atom. The largest absolute Gasteiger partial charge is 0.330 e. The van der Waals surface area contributed by atoms with Crippen molar-refractivity contribution in [3.05, 3.63) is 35.9 Å². The first-order valence-electron chi connectivity index (χ1n) is 4.57. The Balaban J connectivity index is 2.33. The summed E-state index contributed by atoms with van der Waals surface area (Å²) in [5.41, 5.74) is 6.95. The monoisotopic (exact) mass is 163 g/mol. The van der Waals surface area contributed by atoms with Gasteiger partial charge >= 0.3 is 0 Å². The molecule has 0 radical (unpaired) electrons. The molecular weight excluding hydrogens is 146 g/mol. The van der Waals surface area contributed by atoms with Gasteiger partial charge in [0.05, 0.1) is 0 Å². The minimum absolute atomic E-state index is 0.644. The molecule has 0 bridgehead atoms. The summed E-state index contributed by atoms with van der Waals surface area (Å²) in [7, 11) is 0. The van der Waals surface area contributed by atoms with E-state index in [9.17, 15) is 0 Å². The van der Waals surface area contributed by atoms with Crippen molar-refractivity contribution in [2.45, 2.75) is 19.8 Å². The predicted octanol–water partition coefficient (Wildman–Crippen LogP) is 2.21. The third kappa shape index (κ3) is 3.05. The Labute approximate surface area is 74.6 Å². The zero-order chi connectivity index (χ0) is 8.81. The van der Waals surface area contributed by atoms with E-state index < -0.39 is 0 Å². The highest BCUT2D eigenvalue weighted by Crippen LogP contribution is 2.07. The van der Waals surface area contributed by atoms with Crippen molar-refractivity contribution in [3.8, 4) is 0 Å². The molecule has 0 heterocycles. The molecule has 0 saturated heterocycles. The van der Waals surface area contributed by atoms with Crippen LogP contribution in [-0.2, 0) is 6.42 Å². The quantitative estimate of drug-likeness (QED) is 0.723. The molecule has 0 aromatic heterocycles. The molecule has 0 spiro atoms.